The molecule has 0 aliphatic carbocycles. The lowest BCUT2D eigenvalue weighted by Crippen LogP contribution is -2.09. The molecule has 4 aromatic rings. The number of hydrogen-bond acceptors (Lipinski definition) is 2. The number of aromatic carboxylic acids is 1. The number of carbonyl (C=O) groups is 2. The monoisotopic (exact) mass is 381 g/mol. The molecule has 0 fully saturated rings. The number of ketones is 1. The molecule has 0 bridgehead atoms. The maximum Gasteiger partial charge on any atom is 0.338 e. The Hall–Kier alpha value is -3.92. The molecule has 1 aromatic heterocycles. The van der Waals surface area contributed by atoms with Gasteiger partial charge in [-0.05, 0) is 18.1 Å². The van der Waals surface area contributed by atoms with Crippen LogP contribution in [-0.4, -0.2) is 21.8 Å². The molecule has 0 spiro atoms. The molecule has 0 atom stereocenters. The Morgan fingerprint density at radius 3 is 1.79 bits per heavy atom. The largest absolute Gasteiger partial charge is 0.478 e. The number of carbonyl (C=O) groups excluding carboxylic acids is 1. The molecular formula is C25H19NO3. The van der Waals surface area contributed by atoms with Crippen LogP contribution in [0, 0.1) is 6.92 Å². The fourth-order valence-corrected chi connectivity index (χ4v) is 3.43. The lowest BCUT2D eigenvalue weighted by molar-refractivity contribution is 0.0694. The van der Waals surface area contributed by atoms with Crippen molar-refractivity contribution in [2.45, 2.75) is 6.92 Å². The lowest BCUT2D eigenvalue weighted by Gasteiger charge is -2.06. The smallest absolute Gasteiger partial charge is 0.338 e. The van der Waals surface area contributed by atoms with E-state index in [2.05, 4.69) is 4.98 Å². The fourth-order valence-electron chi connectivity index (χ4n) is 3.43. The maximum atomic E-state index is 13.4. The van der Waals surface area contributed by atoms with E-state index < -0.39 is 5.97 Å². The summed E-state index contributed by atoms with van der Waals surface area (Å²) < 4.78 is 0. The maximum absolute atomic E-state index is 13.4. The molecule has 4 nitrogen and oxygen atoms in total. The van der Waals surface area contributed by atoms with Gasteiger partial charge in [0, 0.05) is 5.56 Å². The number of carboxylic acids is 1. The van der Waals surface area contributed by atoms with Crippen LogP contribution in [0.15, 0.2) is 84.9 Å². The quantitative estimate of drug-likeness (QED) is 0.443. The van der Waals surface area contributed by atoms with Gasteiger partial charge >= 0.3 is 5.97 Å². The van der Waals surface area contributed by atoms with Crippen molar-refractivity contribution >= 4 is 11.8 Å². The Bertz CT molecular complexity index is 1170. The summed E-state index contributed by atoms with van der Waals surface area (Å²) in [6.07, 6.45) is 0. The lowest BCUT2D eigenvalue weighted by atomic mass is 9.94. The number of rotatable bonds is 5. The molecule has 0 saturated heterocycles. The van der Waals surface area contributed by atoms with Gasteiger partial charge in [-0.2, -0.15) is 0 Å². The van der Waals surface area contributed by atoms with Crippen LogP contribution in [0.1, 0.15) is 31.8 Å². The Labute approximate surface area is 168 Å². The zero-order chi connectivity index (χ0) is 20.4. The number of nitrogens with one attached hydrogen (secondary N) is 1. The second-order valence-corrected chi connectivity index (χ2v) is 6.86. The number of aromatic amines is 1. The normalized spacial score (nSPS) is 10.7. The highest BCUT2D eigenvalue weighted by Gasteiger charge is 2.29. The Kier molecular flexibility index (Phi) is 4.83. The SMILES string of the molecule is Cc1ccc(-c2[nH]c(-c3ccccc3)c(C(=O)c3ccccc3)c2C(=O)O)cc1. The third-order valence-electron chi connectivity index (χ3n) is 4.88. The number of carboxylic acid groups (broad SMARTS) is 1. The van der Waals surface area contributed by atoms with Crippen molar-refractivity contribution in [1.82, 2.24) is 4.98 Å². The summed E-state index contributed by atoms with van der Waals surface area (Å²) in [6.45, 7) is 1.97. The second-order valence-electron chi connectivity index (χ2n) is 6.86. The van der Waals surface area contributed by atoms with Gasteiger partial charge in [-0.3, -0.25) is 4.79 Å². The van der Waals surface area contributed by atoms with Gasteiger partial charge in [-0.15, -0.1) is 0 Å². The number of hydrogen-bond donors (Lipinski definition) is 2. The summed E-state index contributed by atoms with van der Waals surface area (Å²) in [5.74, 6) is -1.46. The first kappa shape index (κ1) is 18.4. The average molecular weight is 381 g/mol. The number of aromatic nitrogens is 1. The van der Waals surface area contributed by atoms with Crippen molar-refractivity contribution in [3.05, 3.63) is 107 Å². The van der Waals surface area contributed by atoms with Crippen molar-refractivity contribution in [3.63, 3.8) is 0 Å². The van der Waals surface area contributed by atoms with Gasteiger partial charge in [-0.25, -0.2) is 4.79 Å². The molecular weight excluding hydrogens is 362 g/mol. The number of benzene rings is 3. The van der Waals surface area contributed by atoms with E-state index in [1.54, 1.807) is 24.3 Å². The van der Waals surface area contributed by atoms with Crippen LogP contribution in [0.3, 0.4) is 0 Å². The van der Waals surface area contributed by atoms with Crippen LogP contribution < -0.4 is 0 Å². The minimum absolute atomic E-state index is 0.0124. The summed E-state index contributed by atoms with van der Waals surface area (Å²) in [5, 5.41) is 10.0. The van der Waals surface area contributed by atoms with E-state index in [0.717, 1.165) is 16.7 Å². The zero-order valence-electron chi connectivity index (χ0n) is 15.8. The van der Waals surface area contributed by atoms with E-state index in [1.807, 2.05) is 67.6 Å². The van der Waals surface area contributed by atoms with Gasteiger partial charge in [0.05, 0.1) is 22.5 Å². The molecule has 2 N–H and O–H groups in total. The molecule has 0 unspecified atom stereocenters. The predicted octanol–water partition coefficient (Wildman–Crippen LogP) is 5.59. The van der Waals surface area contributed by atoms with Crippen LogP contribution >= 0.6 is 0 Å². The summed E-state index contributed by atoms with van der Waals surface area (Å²) >= 11 is 0. The van der Waals surface area contributed by atoms with E-state index in [-0.39, 0.29) is 16.9 Å². The van der Waals surface area contributed by atoms with Crippen molar-refractivity contribution < 1.29 is 14.7 Å². The molecule has 29 heavy (non-hydrogen) atoms. The Morgan fingerprint density at radius 1 is 0.690 bits per heavy atom. The molecule has 142 valence electrons. The van der Waals surface area contributed by atoms with Crippen molar-refractivity contribution in [1.29, 1.82) is 0 Å². The van der Waals surface area contributed by atoms with E-state index in [1.165, 1.54) is 0 Å². The molecule has 0 radical (unpaired) electrons. The van der Waals surface area contributed by atoms with E-state index >= 15 is 0 Å². The van der Waals surface area contributed by atoms with Gasteiger partial charge < -0.3 is 10.1 Å². The van der Waals surface area contributed by atoms with Crippen molar-refractivity contribution in [2.24, 2.45) is 0 Å². The van der Waals surface area contributed by atoms with Crippen LogP contribution in [0.4, 0.5) is 0 Å². The molecule has 0 aliphatic rings. The highest BCUT2D eigenvalue weighted by atomic mass is 16.4. The van der Waals surface area contributed by atoms with E-state index in [4.69, 9.17) is 0 Å². The van der Waals surface area contributed by atoms with Gasteiger partial charge in [0.15, 0.2) is 5.78 Å². The first-order chi connectivity index (χ1) is 14.1. The van der Waals surface area contributed by atoms with Crippen LogP contribution in [-0.2, 0) is 0 Å². The number of H-pyrrole nitrogens is 1. The average Bonchev–Trinajstić information content (AvgIpc) is 3.16. The van der Waals surface area contributed by atoms with Gasteiger partial charge in [0.1, 0.15) is 0 Å². The molecule has 4 heteroatoms. The Balaban J connectivity index is 2.02. The molecule has 0 amide bonds. The second kappa shape index (κ2) is 7.60. The minimum Gasteiger partial charge on any atom is -0.478 e. The van der Waals surface area contributed by atoms with E-state index in [0.29, 0.717) is 17.0 Å². The predicted molar refractivity (Wildman–Crippen MR) is 113 cm³/mol. The van der Waals surface area contributed by atoms with Crippen molar-refractivity contribution in [3.8, 4) is 22.5 Å². The molecule has 0 saturated carbocycles. The van der Waals surface area contributed by atoms with E-state index in [9.17, 15) is 14.7 Å². The summed E-state index contributed by atoms with van der Waals surface area (Å²) in [7, 11) is 0. The molecule has 3 aromatic carbocycles. The number of aryl methyl sites for hydroxylation is 1. The van der Waals surface area contributed by atoms with Crippen LogP contribution in [0.5, 0.6) is 0 Å². The highest BCUT2D eigenvalue weighted by molar-refractivity contribution is 6.19. The first-order valence-corrected chi connectivity index (χ1v) is 9.27. The fraction of sp³-hybridized carbons (Fsp3) is 0.0400. The highest BCUT2D eigenvalue weighted by Crippen LogP contribution is 2.35. The topological polar surface area (TPSA) is 70.2 Å². The standard InChI is InChI=1S/C25H19NO3/c1-16-12-14-18(15-13-16)23-21(25(28)29)20(24(27)19-10-6-3-7-11-19)22(26-23)17-8-4-2-5-9-17/h2-15,26H,1H3,(H,28,29). The summed E-state index contributed by atoms with van der Waals surface area (Å²) in [6, 6.07) is 25.6. The minimum atomic E-state index is -1.14. The van der Waals surface area contributed by atoms with Crippen LogP contribution in [0.2, 0.25) is 0 Å². The Morgan fingerprint density at radius 2 is 1.21 bits per heavy atom. The summed E-state index contributed by atoms with van der Waals surface area (Å²) in [5.41, 5.74) is 4.09. The van der Waals surface area contributed by atoms with Gasteiger partial charge in [0.2, 0.25) is 0 Å². The third-order valence-corrected chi connectivity index (χ3v) is 4.88. The zero-order valence-corrected chi connectivity index (χ0v) is 15.8. The molecule has 0 aliphatic heterocycles. The molecule has 4 rings (SSSR count). The van der Waals surface area contributed by atoms with Gasteiger partial charge in [-0.1, -0.05) is 90.5 Å². The van der Waals surface area contributed by atoms with Crippen molar-refractivity contribution in [2.75, 3.05) is 0 Å². The molecule has 1 heterocycles. The van der Waals surface area contributed by atoms with Gasteiger partial charge in [0.25, 0.3) is 0 Å². The first-order valence-electron chi connectivity index (χ1n) is 9.27. The van der Waals surface area contributed by atoms with Crippen LogP contribution in [0.25, 0.3) is 22.5 Å². The summed E-state index contributed by atoms with van der Waals surface area (Å²) in [4.78, 5) is 28.9. The third kappa shape index (κ3) is 3.48.